The largest absolute Gasteiger partial charge is 0.478 e. The van der Waals surface area contributed by atoms with E-state index in [0.717, 1.165) is 37.5 Å². The minimum absolute atomic E-state index is 0.788. The molecule has 2 aliphatic rings. The normalized spacial score (nSPS) is 24.4. The monoisotopic (exact) mass is 209 g/mol. The first-order valence-electron chi connectivity index (χ1n) is 5.92. The molecule has 0 bridgehead atoms. The molecule has 0 radical (unpaired) electrons. The average Bonchev–Trinajstić information content (AvgIpc) is 2.71. The van der Waals surface area contributed by atoms with Gasteiger partial charge in [0.25, 0.3) is 0 Å². The third-order valence-corrected chi connectivity index (χ3v) is 3.61. The van der Waals surface area contributed by atoms with Crippen LogP contribution in [0.3, 0.4) is 0 Å². The van der Waals surface area contributed by atoms with Gasteiger partial charge >= 0.3 is 5.97 Å². The van der Waals surface area contributed by atoms with Gasteiger partial charge in [0, 0.05) is 25.2 Å². The first kappa shape index (κ1) is 10.7. The van der Waals surface area contributed by atoms with E-state index in [4.69, 9.17) is 5.11 Å². The third-order valence-electron chi connectivity index (χ3n) is 3.61. The Labute approximate surface area is 90.8 Å². The highest BCUT2D eigenvalue weighted by Crippen LogP contribution is 2.27. The van der Waals surface area contributed by atoms with Crippen LogP contribution in [0.5, 0.6) is 0 Å². The van der Waals surface area contributed by atoms with Crippen molar-refractivity contribution in [2.24, 2.45) is 0 Å². The molecule has 84 valence electrons. The molecule has 1 aliphatic carbocycles. The molecule has 1 N–H and O–H groups in total. The Hall–Kier alpha value is -0.830. The maximum absolute atomic E-state index is 10.5. The molecule has 1 saturated heterocycles. The average molecular weight is 209 g/mol. The summed E-state index contributed by atoms with van der Waals surface area (Å²) in [6.45, 7) is 2.12. The molecule has 2 rings (SSSR count). The fraction of sp³-hybridized carbons (Fsp3) is 0.750. The molecule has 0 amide bonds. The van der Waals surface area contributed by atoms with Gasteiger partial charge in [-0.15, -0.1) is 0 Å². The topological polar surface area (TPSA) is 40.5 Å². The summed E-state index contributed by atoms with van der Waals surface area (Å²) in [4.78, 5) is 13.1. The van der Waals surface area contributed by atoms with Gasteiger partial charge in [0.05, 0.1) is 0 Å². The van der Waals surface area contributed by atoms with Crippen molar-refractivity contribution in [3.8, 4) is 0 Å². The van der Waals surface area contributed by atoms with Crippen LogP contribution in [0.4, 0.5) is 0 Å². The maximum atomic E-state index is 10.5. The van der Waals surface area contributed by atoms with Crippen LogP contribution in [0.15, 0.2) is 11.6 Å². The van der Waals surface area contributed by atoms with Crippen molar-refractivity contribution in [3.63, 3.8) is 0 Å². The van der Waals surface area contributed by atoms with Crippen LogP contribution in [0.1, 0.15) is 38.5 Å². The first-order chi connectivity index (χ1) is 7.25. The predicted molar refractivity (Wildman–Crippen MR) is 58.8 cm³/mol. The molecule has 2 fully saturated rings. The van der Waals surface area contributed by atoms with E-state index in [1.54, 1.807) is 0 Å². The van der Waals surface area contributed by atoms with Crippen LogP contribution in [-0.4, -0.2) is 35.1 Å². The van der Waals surface area contributed by atoms with Crippen LogP contribution >= 0.6 is 0 Å². The number of carboxylic acids is 1. The van der Waals surface area contributed by atoms with Gasteiger partial charge in [0.15, 0.2) is 0 Å². The Bertz CT molecular complexity index is 257. The summed E-state index contributed by atoms with van der Waals surface area (Å²) in [5.74, 6) is -0.792. The lowest BCUT2D eigenvalue weighted by molar-refractivity contribution is -0.131. The van der Waals surface area contributed by atoms with Gasteiger partial charge < -0.3 is 5.11 Å². The van der Waals surface area contributed by atoms with Crippen molar-refractivity contribution in [1.82, 2.24) is 4.90 Å². The third kappa shape index (κ3) is 2.81. The first-order valence-corrected chi connectivity index (χ1v) is 5.92. The fourth-order valence-electron chi connectivity index (χ4n) is 2.76. The Morgan fingerprint density at radius 2 is 1.87 bits per heavy atom. The predicted octanol–water partition coefficient (Wildman–Crippen LogP) is 2.04. The number of carbonyl (C=O) groups is 1. The number of piperidine rings is 1. The molecule has 1 saturated carbocycles. The maximum Gasteiger partial charge on any atom is 0.328 e. The van der Waals surface area contributed by atoms with E-state index in [2.05, 4.69) is 4.90 Å². The van der Waals surface area contributed by atoms with Crippen molar-refractivity contribution >= 4 is 5.97 Å². The number of likely N-dealkylation sites (tertiary alicyclic amines) is 1. The molecule has 1 heterocycles. The van der Waals surface area contributed by atoms with Crippen molar-refractivity contribution in [2.75, 3.05) is 13.1 Å². The minimum atomic E-state index is -0.792. The summed E-state index contributed by atoms with van der Waals surface area (Å²) in [6, 6.07) is 0.788. The van der Waals surface area contributed by atoms with E-state index in [9.17, 15) is 4.79 Å². The Morgan fingerprint density at radius 3 is 2.40 bits per heavy atom. The van der Waals surface area contributed by atoms with Gasteiger partial charge in [0.1, 0.15) is 0 Å². The van der Waals surface area contributed by atoms with Gasteiger partial charge in [-0.1, -0.05) is 18.4 Å². The van der Waals surface area contributed by atoms with Gasteiger partial charge in [-0.25, -0.2) is 4.79 Å². The number of nitrogens with zero attached hydrogens (tertiary/aromatic N) is 1. The zero-order chi connectivity index (χ0) is 10.7. The molecule has 0 aromatic rings. The van der Waals surface area contributed by atoms with E-state index in [1.807, 2.05) is 0 Å². The lowest BCUT2D eigenvalue weighted by Gasteiger charge is -2.33. The van der Waals surface area contributed by atoms with E-state index >= 15 is 0 Å². The Morgan fingerprint density at radius 1 is 1.27 bits per heavy atom. The number of hydrogen-bond donors (Lipinski definition) is 1. The van der Waals surface area contributed by atoms with Crippen LogP contribution in [0.2, 0.25) is 0 Å². The second-order valence-electron chi connectivity index (χ2n) is 4.62. The number of carboxylic acid groups (broad SMARTS) is 1. The second-order valence-corrected chi connectivity index (χ2v) is 4.62. The summed E-state index contributed by atoms with van der Waals surface area (Å²) in [7, 11) is 0. The SMILES string of the molecule is O=C(O)C=C1CCN(C2CCCC2)CC1. The molecular formula is C12H19NO2. The Kier molecular flexibility index (Phi) is 3.41. The highest BCUT2D eigenvalue weighted by atomic mass is 16.4. The van der Waals surface area contributed by atoms with E-state index < -0.39 is 5.97 Å². The van der Waals surface area contributed by atoms with Gasteiger partial charge in [0.2, 0.25) is 0 Å². The Balaban J connectivity index is 1.83. The zero-order valence-electron chi connectivity index (χ0n) is 9.11. The molecule has 0 aromatic carbocycles. The molecular weight excluding hydrogens is 190 g/mol. The smallest absolute Gasteiger partial charge is 0.328 e. The fourth-order valence-corrected chi connectivity index (χ4v) is 2.76. The minimum Gasteiger partial charge on any atom is -0.478 e. The van der Waals surface area contributed by atoms with Crippen LogP contribution in [0.25, 0.3) is 0 Å². The van der Waals surface area contributed by atoms with Crippen molar-refractivity contribution in [2.45, 2.75) is 44.6 Å². The van der Waals surface area contributed by atoms with E-state index in [1.165, 1.54) is 31.8 Å². The summed E-state index contributed by atoms with van der Waals surface area (Å²) in [6.07, 6.45) is 8.73. The number of hydrogen-bond acceptors (Lipinski definition) is 2. The summed E-state index contributed by atoms with van der Waals surface area (Å²) < 4.78 is 0. The summed E-state index contributed by atoms with van der Waals surface area (Å²) in [5.41, 5.74) is 1.11. The van der Waals surface area contributed by atoms with Crippen LogP contribution < -0.4 is 0 Å². The van der Waals surface area contributed by atoms with Gasteiger partial charge in [-0.05, 0) is 25.7 Å². The van der Waals surface area contributed by atoms with Crippen LogP contribution in [-0.2, 0) is 4.79 Å². The van der Waals surface area contributed by atoms with Gasteiger partial charge in [-0.2, -0.15) is 0 Å². The lowest BCUT2D eigenvalue weighted by Crippen LogP contribution is -2.38. The summed E-state index contributed by atoms with van der Waals surface area (Å²) in [5, 5.41) is 8.65. The number of aliphatic carboxylic acids is 1. The van der Waals surface area contributed by atoms with Crippen molar-refractivity contribution < 1.29 is 9.90 Å². The molecule has 3 heteroatoms. The zero-order valence-corrected chi connectivity index (χ0v) is 9.11. The molecule has 0 spiro atoms. The van der Waals surface area contributed by atoms with E-state index in [-0.39, 0.29) is 0 Å². The standard InChI is InChI=1S/C12H19NO2/c14-12(15)9-10-5-7-13(8-6-10)11-3-1-2-4-11/h9,11H,1-8H2,(H,14,15). The van der Waals surface area contributed by atoms with Crippen LogP contribution in [0, 0.1) is 0 Å². The highest BCUT2D eigenvalue weighted by Gasteiger charge is 2.24. The molecule has 0 atom stereocenters. The highest BCUT2D eigenvalue weighted by molar-refractivity contribution is 5.80. The lowest BCUT2D eigenvalue weighted by atomic mass is 10.0. The van der Waals surface area contributed by atoms with Crippen molar-refractivity contribution in [3.05, 3.63) is 11.6 Å². The van der Waals surface area contributed by atoms with Crippen molar-refractivity contribution in [1.29, 1.82) is 0 Å². The molecule has 0 aromatic heterocycles. The molecule has 15 heavy (non-hydrogen) atoms. The molecule has 3 nitrogen and oxygen atoms in total. The quantitative estimate of drug-likeness (QED) is 0.707. The number of rotatable bonds is 2. The van der Waals surface area contributed by atoms with Gasteiger partial charge in [-0.3, -0.25) is 4.90 Å². The van der Waals surface area contributed by atoms with E-state index in [0.29, 0.717) is 0 Å². The molecule has 1 aliphatic heterocycles. The summed E-state index contributed by atoms with van der Waals surface area (Å²) >= 11 is 0. The second kappa shape index (κ2) is 4.79. The molecule has 0 unspecified atom stereocenters.